The zero-order valence-corrected chi connectivity index (χ0v) is 23.2. The van der Waals surface area contributed by atoms with Crippen LogP contribution >= 0.6 is 23.1 Å². The van der Waals surface area contributed by atoms with E-state index in [1.807, 2.05) is 24.3 Å². The van der Waals surface area contributed by atoms with Gasteiger partial charge in [0.05, 0.1) is 23.6 Å². The Hall–Kier alpha value is -3.96. The van der Waals surface area contributed by atoms with Gasteiger partial charge in [0, 0.05) is 15.8 Å². The van der Waals surface area contributed by atoms with E-state index < -0.39 is 11.8 Å². The molecule has 1 aliphatic rings. The molecule has 3 heterocycles. The summed E-state index contributed by atoms with van der Waals surface area (Å²) in [4.78, 5) is 48.7. The first-order valence-electron chi connectivity index (χ1n) is 13.0. The number of aromatic amines is 1. The van der Waals surface area contributed by atoms with Gasteiger partial charge in [-0.05, 0) is 68.5 Å². The molecular formula is C29H25FN4O4S2. The Morgan fingerprint density at radius 3 is 2.73 bits per heavy atom. The van der Waals surface area contributed by atoms with E-state index in [0.29, 0.717) is 32.4 Å². The molecule has 0 unspecified atom stereocenters. The smallest absolute Gasteiger partial charge is 0.341 e. The fourth-order valence-electron chi connectivity index (χ4n) is 5.02. The van der Waals surface area contributed by atoms with Gasteiger partial charge in [0.15, 0.2) is 5.16 Å². The van der Waals surface area contributed by atoms with Crippen LogP contribution in [0.4, 0.5) is 9.39 Å². The zero-order valence-electron chi connectivity index (χ0n) is 21.6. The monoisotopic (exact) mass is 576 g/mol. The molecule has 0 saturated carbocycles. The predicted octanol–water partition coefficient (Wildman–Crippen LogP) is 5.85. The number of aryl methyl sites for hydroxylation is 1. The highest BCUT2D eigenvalue weighted by atomic mass is 32.2. The first-order chi connectivity index (χ1) is 19.4. The molecule has 0 radical (unpaired) electrons. The fraction of sp³-hybridized carbons (Fsp3) is 0.241. The van der Waals surface area contributed by atoms with Crippen LogP contribution in [0.15, 0.2) is 58.5 Å². The van der Waals surface area contributed by atoms with Crippen LogP contribution in [0, 0.1) is 5.82 Å². The molecule has 6 rings (SSSR count). The third-order valence-corrected chi connectivity index (χ3v) is 8.96. The van der Waals surface area contributed by atoms with Crippen LogP contribution in [0.1, 0.15) is 40.6 Å². The number of rotatable bonds is 7. The second kappa shape index (κ2) is 10.9. The van der Waals surface area contributed by atoms with E-state index in [1.54, 1.807) is 6.92 Å². The third kappa shape index (κ3) is 4.79. The summed E-state index contributed by atoms with van der Waals surface area (Å²) in [5, 5.41) is 4.48. The summed E-state index contributed by atoms with van der Waals surface area (Å²) < 4.78 is 20.4. The lowest BCUT2D eigenvalue weighted by Crippen LogP contribution is -2.23. The minimum absolute atomic E-state index is 0.0632. The first kappa shape index (κ1) is 26.3. The van der Waals surface area contributed by atoms with E-state index in [2.05, 4.69) is 10.3 Å². The highest BCUT2D eigenvalue weighted by molar-refractivity contribution is 7.99. The highest BCUT2D eigenvalue weighted by Gasteiger charge is 2.27. The molecule has 0 saturated heterocycles. The second-order valence-electron chi connectivity index (χ2n) is 9.38. The Kier molecular flexibility index (Phi) is 7.16. The molecular weight excluding hydrogens is 551 g/mol. The average Bonchev–Trinajstić information content (AvgIpc) is 3.51. The van der Waals surface area contributed by atoms with Crippen LogP contribution in [-0.4, -0.2) is 38.8 Å². The number of para-hydroxylation sites is 1. The summed E-state index contributed by atoms with van der Waals surface area (Å²) in [5.74, 6) is -1.26. The van der Waals surface area contributed by atoms with Crippen molar-refractivity contribution in [2.45, 2.75) is 37.8 Å². The number of aromatic nitrogens is 3. The lowest BCUT2D eigenvalue weighted by atomic mass is 9.95. The van der Waals surface area contributed by atoms with Crippen molar-refractivity contribution in [2.24, 2.45) is 0 Å². The van der Waals surface area contributed by atoms with Crippen LogP contribution in [0.2, 0.25) is 0 Å². The van der Waals surface area contributed by atoms with Gasteiger partial charge < -0.3 is 15.0 Å². The number of carbonyl (C=O) groups excluding carboxylic acids is 2. The van der Waals surface area contributed by atoms with Gasteiger partial charge in [-0.1, -0.05) is 30.0 Å². The molecule has 1 amide bonds. The molecule has 2 N–H and O–H groups in total. The molecule has 40 heavy (non-hydrogen) atoms. The Morgan fingerprint density at radius 1 is 1.15 bits per heavy atom. The van der Waals surface area contributed by atoms with E-state index in [4.69, 9.17) is 9.72 Å². The predicted molar refractivity (Wildman–Crippen MR) is 155 cm³/mol. The van der Waals surface area contributed by atoms with Gasteiger partial charge in [-0.3, -0.25) is 14.2 Å². The number of hydrogen-bond acceptors (Lipinski definition) is 7. The fourth-order valence-corrected chi connectivity index (χ4v) is 7.12. The quantitative estimate of drug-likeness (QED) is 0.143. The van der Waals surface area contributed by atoms with Crippen molar-refractivity contribution in [3.05, 3.63) is 80.7 Å². The minimum atomic E-state index is -0.430. The molecule has 5 aromatic rings. The number of thiophene rings is 1. The third-order valence-electron chi connectivity index (χ3n) is 6.82. The summed E-state index contributed by atoms with van der Waals surface area (Å²) >= 11 is 2.52. The topological polar surface area (TPSA) is 106 Å². The van der Waals surface area contributed by atoms with E-state index >= 15 is 0 Å². The van der Waals surface area contributed by atoms with Crippen LogP contribution in [0.5, 0.6) is 0 Å². The van der Waals surface area contributed by atoms with Crippen LogP contribution in [0.25, 0.3) is 27.6 Å². The van der Waals surface area contributed by atoms with Gasteiger partial charge >= 0.3 is 5.97 Å². The van der Waals surface area contributed by atoms with Gasteiger partial charge in [-0.15, -0.1) is 11.3 Å². The molecule has 2 aromatic carbocycles. The molecule has 0 spiro atoms. The second-order valence-corrected chi connectivity index (χ2v) is 11.4. The van der Waals surface area contributed by atoms with Crippen LogP contribution < -0.4 is 10.9 Å². The number of nitrogens with zero attached hydrogens (tertiary/aromatic N) is 2. The molecule has 3 aromatic heterocycles. The van der Waals surface area contributed by atoms with E-state index in [-0.39, 0.29) is 23.8 Å². The summed E-state index contributed by atoms with van der Waals surface area (Å²) in [7, 11) is 0. The zero-order chi connectivity index (χ0) is 27.8. The minimum Gasteiger partial charge on any atom is -0.462 e. The normalized spacial score (nSPS) is 12.9. The van der Waals surface area contributed by atoms with Crippen molar-refractivity contribution >= 4 is 61.9 Å². The lowest BCUT2D eigenvalue weighted by molar-refractivity contribution is -0.113. The number of benzene rings is 2. The molecule has 0 aliphatic heterocycles. The number of thioether (sulfide) groups is 1. The number of hydrogen-bond donors (Lipinski definition) is 2. The van der Waals surface area contributed by atoms with Crippen molar-refractivity contribution in [1.29, 1.82) is 0 Å². The number of esters is 1. The molecule has 0 atom stereocenters. The molecule has 204 valence electrons. The Balaban J connectivity index is 1.34. The number of anilines is 1. The summed E-state index contributed by atoms with van der Waals surface area (Å²) in [6, 6.07) is 13.0. The largest absolute Gasteiger partial charge is 0.462 e. The van der Waals surface area contributed by atoms with E-state index in [9.17, 15) is 18.8 Å². The van der Waals surface area contributed by atoms with Gasteiger partial charge in [0.1, 0.15) is 21.9 Å². The van der Waals surface area contributed by atoms with Gasteiger partial charge in [-0.2, -0.15) is 0 Å². The Labute approximate surface area is 236 Å². The van der Waals surface area contributed by atoms with Gasteiger partial charge in [0.25, 0.3) is 5.56 Å². The molecule has 11 heteroatoms. The molecule has 0 bridgehead atoms. The molecule has 0 fully saturated rings. The Bertz CT molecular complexity index is 1820. The number of amides is 1. The van der Waals surface area contributed by atoms with Crippen LogP contribution in [0.3, 0.4) is 0 Å². The average molecular weight is 577 g/mol. The number of nitrogens with one attached hydrogen (secondary N) is 2. The number of ether oxygens (including phenoxy) is 1. The van der Waals surface area contributed by atoms with Crippen molar-refractivity contribution in [2.75, 3.05) is 17.7 Å². The highest BCUT2D eigenvalue weighted by Crippen LogP contribution is 2.39. The number of fused-ring (bicyclic) bond motifs is 4. The van der Waals surface area contributed by atoms with Gasteiger partial charge in [0.2, 0.25) is 5.91 Å². The van der Waals surface area contributed by atoms with Crippen molar-refractivity contribution in [1.82, 2.24) is 14.5 Å². The maximum atomic E-state index is 13.7. The van der Waals surface area contributed by atoms with E-state index in [1.165, 1.54) is 40.2 Å². The molecule has 1 aliphatic carbocycles. The maximum absolute atomic E-state index is 13.7. The SMILES string of the molecule is CCOC(=O)c1c(NC(=O)CSc2nc3c([nH]c4ccccc43)c(=O)n2-c2ccc(F)cc2)sc2c1CCCC2. The Morgan fingerprint density at radius 2 is 1.93 bits per heavy atom. The van der Waals surface area contributed by atoms with Crippen molar-refractivity contribution in [3.8, 4) is 5.69 Å². The van der Waals surface area contributed by atoms with Crippen molar-refractivity contribution < 1.29 is 18.7 Å². The van der Waals surface area contributed by atoms with E-state index in [0.717, 1.165) is 58.8 Å². The maximum Gasteiger partial charge on any atom is 0.341 e. The van der Waals surface area contributed by atoms with Crippen molar-refractivity contribution in [3.63, 3.8) is 0 Å². The number of H-pyrrole nitrogens is 1. The summed E-state index contributed by atoms with van der Waals surface area (Å²) in [6.07, 6.45) is 3.68. The summed E-state index contributed by atoms with van der Waals surface area (Å²) in [6.45, 7) is 2.00. The standard InChI is InChI=1S/C29H25FN4O4S2/c1-2-38-28(37)23-19-8-4-6-10-21(19)40-26(23)32-22(35)15-39-29-33-24-18-7-3-5-9-20(18)31-25(24)27(36)34(29)17-13-11-16(30)12-14-17/h3,5,7,9,11-14,31H,2,4,6,8,10,15H2,1H3,(H,32,35). The number of halogens is 1. The molecule has 8 nitrogen and oxygen atoms in total. The lowest BCUT2D eigenvalue weighted by Gasteiger charge is -2.13. The number of carbonyl (C=O) groups is 2. The first-order valence-corrected chi connectivity index (χ1v) is 14.8. The van der Waals surface area contributed by atoms with Crippen LogP contribution in [-0.2, 0) is 22.4 Å². The summed E-state index contributed by atoms with van der Waals surface area (Å²) in [5.41, 5.74) is 3.07. The van der Waals surface area contributed by atoms with Gasteiger partial charge in [-0.25, -0.2) is 14.2 Å².